The fourth-order valence-electron chi connectivity index (χ4n) is 2.41. The summed E-state index contributed by atoms with van der Waals surface area (Å²) in [4.78, 5) is 0. The van der Waals surface area contributed by atoms with E-state index in [2.05, 4.69) is 39.4 Å². The van der Waals surface area contributed by atoms with E-state index in [0.717, 1.165) is 5.92 Å². The quantitative estimate of drug-likeness (QED) is 0.922. The van der Waals surface area contributed by atoms with Crippen molar-refractivity contribution in [1.82, 2.24) is 5.32 Å². The van der Waals surface area contributed by atoms with E-state index >= 15 is 0 Å². The number of hydrogen-bond acceptors (Lipinski definition) is 2. The highest BCUT2D eigenvalue weighted by atomic mass is 79.9. The molecule has 1 saturated heterocycles. The van der Waals surface area contributed by atoms with Crippen molar-refractivity contribution in [2.45, 2.75) is 25.9 Å². The first-order valence-electron chi connectivity index (χ1n) is 6.26. The topological polar surface area (TPSA) is 21.3 Å². The Balaban J connectivity index is 1.98. The van der Waals surface area contributed by atoms with E-state index < -0.39 is 0 Å². The van der Waals surface area contributed by atoms with Gasteiger partial charge in [-0.25, -0.2) is 0 Å². The minimum Gasteiger partial charge on any atom is -0.380 e. The Bertz CT molecular complexity index is 361. The largest absolute Gasteiger partial charge is 0.380 e. The predicted octanol–water partition coefficient (Wildman–Crippen LogP) is 3.14. The van der Waals surface area contributed by atoms with E-state index in [9.17, 15) is 0 Å². The second-order valence-electron chi connectivity index (χ2n) is 4.76. The van der Waals surface area contributed by atoms with E-state index in [1.165, 1.54) is 48.0 Å². The van der Waals surface area contributed by atoms with Gasteiger partial charge in [0.1, 0.15) is 0 Å². The molecule has 1 heterocycles. The second-order valence-corrected chi connectivity index (χ2v) is 5.61. The highest BCUT2D eigenvalue weighted by Crippen LogP contribution is 2.23. The third kappa shape index (κ3) is 3.80. The van der Waals surface area contributed by atoms with E-state index in [4.69, 9.17) is 4.74 Å². The summed E-state index contributed by atoms with van der Waals surface area (Å²) in [6, 6.07) is 6.65. The zero-order valence-electron chi connectivity index (χ0n) is 10.3. The minimum atomic E-state index is 0.675. The standard InChI is InChI=1S/C14H20BrNO/c1-17-10-13-3-2-12(9-14(13)15)8-11-4-6-16-7-5-11/h2-3,9,11,16H,4-8,10H2,1H3. The molecule has 1 fully saturated rings. The molecule has 0 aliphatic carbocycles. The summed E-state index contributed by atoms with van der Waals surface area (Å²) >= 11 is 3.62. The van der Waals surface area contributed by atoms with Gasteiger partial charge in [-0.3, -0.25) is 0 Å². The van der Waals surface area contributed by atoms with Gasteiger partial charge in [-0.05, 0) is 55.5 Å². The van der Waals surface area contributed by atoms with Gasteiger partial charge in [0.15, 0.2) is 0 Å². The molecule has 94 valence electrons. The molecule has 1 aromatic carbocycles. The lowest BCUT2D eigenvalue weighted by atomic mass is 9.91. The number of halogens is 1. The van der Waals surface area contributed by atoms with Crippen LogP contribution in [-0.2, 0) is 17.8 Å². The Hall–Kier alpha value is -0.380. The van der Waals surface area contributed by atoms with E-state index in [1.54, 1.807) is 7.11 Å². The Labute approximate surface area is 112 Å². The molecule has 17 heavy (non-hydrogen) atoms. The van der Waals surface area contributed by atoms with Crippen molar-refractivity contribution in [2.75, 3.05) is 20.2 Å². The first-order valence-corrected chi connectivity index (χ1v) is 7.06. The lowest BCUT2D eigenvalue weighted by Gasteiger charge is -2.22. The molecule has 2 rings (SSSR count). The maximum atomic E-state index is 5.16. The Morgan fingerprint density at radius 2 is 2.12 bits per heavy atom. The zero-order valence-corrected chi connectivity index (χ0v) is 11.9. The molecule has 0 unspecified atom stereocenters. The summed E-state index contributed by atoms with van der Waals surface area (Å²) in [5.41, 5.74) is 2.66. The summed E-state index contributed by atoms with van der Waals surface area (Å²) < 4.78 is 6.33. The van der Waals surface area contributed by atoms with Crippen molar-refractivity contribution >= 4 is 15.9 Å². The highest BCUT2D eigenvalue weighted by molar-refractivity contribution is 9.10. The normalized spacial score (nSPS) is 17.3. The number of piperidine rings is 1. The first kappa shape index (κ1) is 13.1. The van der Waals surface area contributed by atoms with Gasteiger partial charge in [-0.2, -0.15) is 0 Å². The molecule has 1 aliphatic rings. The zero-order chi connectivity index (χ0) is 12.1. The summed E-state index contributed by atoms with van der Waals surface area (Å²) in [7, 11) is 1.73. The van der Waals surface area contributed by atoms with Crippen LogP contribution in [0, 0.1) is 5.92 Å². The van der Waals surface area contributed by atoms with Crippen molar-refractivity contribution < 1.29 is 4.74 Å². The van der Waals surface area contributed by atoms with Crippen LogP contribution in [0.5, 0.6) is 0 Å². The molecule has 0 saturated carbocycles. The minimum absolute atomic E-state index is 0.675. The molecular weight excluding hydrogens is 278 g/mol. The van der Waals surface area contributed by atoms with Crippen LogP contribution in [0.1, 0.15) is 24.0 Å². The van der Waals surface area contributed by atoms with E-state index in [0.29, 0.717) is 6.61 Å². The summed E-state index contributed by atoms with van der Waals surface area (Å²) in [5.74, 6) is 0.844. The van der Waals surface area contributed by atoms with E-state index in [1.807, 2.05) is 0 Å². The van der Waals surface area contributed by atoms with Gasteiger partial charge in [-0.1, -0.05) is 28.1 Å². The van der Waals surface area contributed by atoms with Crippen molar-refractivity contribution in [3.05, 3.63) is 33.8 Å². The Morgan fingerprint density at radius 3 is 2.76 bits per heavy atom. The molecule has 0 radical (unpaired) electrons. The van der Waals surface area contributed by atoms with Crippen LogP contribution in [0.3, 0.4) is 0 Å². The average Bonchev–Trinajstić information content (AvgIpc) is 2.34. The first-order chi connectivity index (χ1) is 8.29. The predicted molar refractivity (Wildman–Crippen MR) is 74.2 cm³/mol. The smallest absolute Gasteiger partial charge is 0.0724 e. The molecule has 3 heteroatoms. The van der Waals surface area contributed by atoms with Crippen LogP contribution in [0.2, 0.25) is 0 Å². The molecule has 0 spiro atoms. The number of methoxy groups -OCH3 is 1. The van der Waals surface area contributed by atoms with Gasteiger partial charge < -0.3 is 10.1 Å². The Morgan fingerprint density at radius 1 is 1.35 bits per heavy atom. The number of rotatable bonds is 4. The highest BCUT2D eigenvalue weighted by Gasteiger charge is 2.13. The summed E-state index contributed by atoms with van der Waals surface area (Å²) in [6.45, 7) is 3.02. The summed E-state index contributed by atoms with van der Waals surface area (Å²) in [6.07, 6.45) is 3.81. The number of nitrogens with one attached hydrogen (secondary N) is 1. The lowest BCUT2D eigenvalue weighted by molar-refractivity contribution is 0.184. The fourth-order valence-corrected chi connectivity index (χ4v) is 2.95. The molecule has 0 bridgehead atoms. The molecule has 2 nitrogen and oxygen atoms in total. The van der Waals surface area contributed by atoms with Crippen LogP contribution in [-0.4, -0.2) is 20.2 Å². The third-order valence-electron chi connectivity index (χ3n) is 3.40. The monoisotopic (exact) mass is 297 g/mol. The fraction of sp³-hybridized carbons (Fsp3) is 0.571. The van der Waals surface area contributed by atoms with Gasteiger partial charge >= 0.3 is 0 Å². The molecule has 1 aliphatic heterocycles. The number of hydrogen-bond donors (Lipinski definition) is 1. The van der Waals surface area contributed by atoms with Crippen LogP contribution in [0.4, 0.5) is 0 Å². The van der Waals surface area contributed by atoms with Gasteiger partial charge in [0.2, 0.25) is 0 Å². The van der Waals surface area contributed by atoms with E-state index in [-0.39, 0.29) is 0 Å². The van der Waals surface area contributed by atoms with Gasteiger partial charge in [-0.15, -0.1) is 0 Å². The van der Waals surface area contributed by atoms with Gasteiger partial charge in [0.05, 0.1) is 6.61 Å². The molecule has 1 aromatic rings. The van der Waals surface area contributed by atoms with Crippen molar-refractivity contribution in [1.29, 1.82) is 0 Å². The van der Waals surface area contributed by atoms with Crippen LogP contribution in [0.15, 0.2) is 22.7 Å². The van der Waals surface area contributed by atoms with Crippen molar-refractivity contribution in [3.63, 3.8) is 0 Å². The molecule has 0 amide bonds. The second kappa shape index (κ2) is 6.53. The van der Waals surface area contributed by atoms with Crippen LogP contribution >= 0.6 is 15.9 Å². The SMILES string of the molecule is COCc1ccc(CC2CCNCC2)cc1Br. The lowest BCUT2D eigenvalue weighted by Crippen LogP contribution is -2.28. The maximum Gasteiger partial charge on any atom is 0.0724 e. The third-order valence-corrected chi connectivity index (χ3v) is 4.14. The maximum absolute atomic E-state index is 5.16. The molecular formula is C14H20BrNO. The number of benzene rings is 1. The summed E-state index contributed by atoms with van der Waals surface area (Å²) in [5, 5.41) is 3.41. The van der Waals surface area contributed by atoms with Gasteiger partial charge in [0.25, 0.3) is 0 Å². The molecule has 0 atom stereocenters. The van der Waals surface area contributed by atoms with Gasteiger partial charge in [0, 0.05) is 11.6 Å². The van der Waals surface area contributed by atoms with Crippen molar-refractivity contribution in [2.24, 2.45) is 5.92 Å². The average molecular weight is 298 g/mol. The molecule has 1 N–H and O–H groups in total. The molecule has 0 aromatic heterocycles. The van der Waals surface area contributed by atoms with Crippen LogP contribution in [0.25, 0.3) is 0 Å². The Kier molecular flexibility index (Phi) is 5.01. The van der Waals surface area contributed by atoms with Crippen LogP contribution < -0.4 is 5.32 Å². The van der Waals surface area contributed by atoms with Crippen molar-refractivity contribution in [3.8, 4) is 0 Å². The number of ether oxygens (including phenoxy) is 1.